The van der Waals surface area contributed by atoms with Crippen molar-refractivity contribution in [3.05, 3.63) is 24.3 Å². The molecular weight excluding hydrogens is 128 g/mol. The van der Waals surface area contributed by atoms with Crippen molar-refractivity contribution in [3.63, 3.8) is 0 Å². The van der Waals surface area contributed by atoms with E-state index >= 15 is 0 Å². The average molecular weight is 138 g/mol. The van der Waals surface area contributed by atoms with Crippen molar-refractivity contribution < 1.29 is 9.53 Å². The standard InChI is InChI=1S/C8H10O2/c1-6-4-10-5-7(2)8(6)3-9/h3,8H,1-2,4-5H2. The molecule has 54 valence electrons. The lowest BCUT2D eigenvalue weighted by Crippen LogP contribution is -2.21. The van der Waals surface area contributed by atoms with Crippen LogP contribution in [0.4, 0.5) is 0 Å². The second-order valence-corrected chi connectivity index (χ2v) is 2.42. The zero-order valence-electron chi connectivity index (χ0n) is 5.80. The molecule has 1 aliphatic rings. The summed E-state index contributed by atoms with van der Waals surface area (Å²) in [4.78, 5) is 10.4. The lowest BCUT2D eigenvalue weighted by molar-refractivity contribution is -0.110. The van der Waals surface area contributed by atoms with Crippen LogP contribution in [0.3, 0.4) is 0 Å². The highest BCUT2D eigenvalue weighted by molar-refractivity contribution is 5.64. The summed E-state index contributed by atoms with van der Waals surface area (Å²) in [5.41, 5.74) is 1.62. The Morgan fingerprint density at radius 2 is 1.90 bits per heavy atom. The van der Waals surface area contributed by atoms with Crippen LogP contribution in [0.2, 0.25) is 0 Å². The van der Waals surface area contributed by atoms with Crippen LogP contribution in [-0.2, 0) is 9.53 Å². The molecule has 1 aliphatic heterocycles. The second-order valence-electron chi connectivity index (χ2n) is 2.42. The number of aldehydes is 1. The van der Waals surface area contributed by atoms with Gasteiger partial charge in [-0.1, -0.05) is 13.2 Å². The number of hydrogen-bond acceptors (Lipinski definition) is 2. The van der Waals surface area contributed by atoms with Crippen molar-refractivity contribution in [1.29, 1.82) is 0 Å². The Hall–Kier alpha value is -0.890. The van der Waals surface area contributed by atoms with Crippen LogP contribution < -0.4 is 0 Å². The van der Waals surface area contributed by atoms with Gasteiger partial charge in [-0.2, -0.15) is 0 Å². The van der Waals surface area contributed by atoms with E-state index < -0.39 is 0 Å². The molecule has 0 atom stereocenters. The van der Waals surface area contributed by atoms with Gasteiger partial charge in [0, 0.05) is 0 Å². The van der Waals surface area contributed by atoms with Crippen molar-refractivity contribution in [3.8, 4) is 0 Å². The Labute approximate surface area is 60.2 Å². The molecule has 0 saturated carbocycles. The Morgan fingerprint density at radius 3 is 2.20 bits per heavy atom. The Kier molecular flexibility index (Phi) is 2.02. The van der Waals surface area contributed by atoms with Crippen molar-refractivity contribution >= 4 is 6.29 Å². The second kappa shape index (κ2) is 2.80. The maximum absolute atomic E-state index is 10.4. The largest absolute Gasteiger partial charge is 0.373 e. The molecule has 2 heteroatoms. The summed E-state index contributed by atoms with van der Waals surface area (Å²) in [6, 6.07) is 0. The van der Waals surface area contributed by atoms with Gasteiger partial charge >= 0.3 is 0 Å². The normalized spacial score (nSPS) is 21.2. The molecule has 1 saturated heterocycles. The highest BCUT2D eigenvalue weighted by atomic mass is 16.5. The SMILES string of the molecule is C=C1COCC(=C)C1C=O. The van der Waals surface area contributed by atoms with Crippen molar-refractivity contribution in [2.45, 2.75) is 0 Å². The van der Waals surface area contributed by atoms with Gasteiger partial charge in [0.1, 0.15) is 6.29 Å². The third kappa shape index (κ3) is 1.16. The maximum atomic E-state index is 10.4. The smallest absolute Gasteiger partial charge is 0.131 e. The van der Waals surface area contributed by atoms with Gasteiger partial charge in [-0.05, 0) is 11.1 Å². The fourth-order valence-electron chi connectivity index (χ4n) is 0.974. The van der Waals surface area contributed by atoms with E-state index in [9.17, 15) is 4.79 Å². The Balaban J connectivity index is 2.71. The van der Waals surface area contributed by atoms with Gasteiger partial charge in [0.15, 0.2) is 0 Å². The van der Waals surface area contributed by atoms with Crippen LogP contribution in [-0.4, -0.2) is 19.5 Å². The summed E-state index contributed by atoms with van der Waals surface area (Å²) in [5, 5.41) is 0. The predicted octanol–water partition coefficient (Wildman–Crippen LogP) is 0.944. The first-order chi connectivity index (χ1) is 4.75. The van der Waals surface area contributed by atoms with Crippen LogP contribution in [0.15, 0.2) is 24.3 Å². The zero-order valence-corrected chi connectivity index (χ0v) is 5.80. The molecule has 0 aliphatic carbocycles. The van der Waals surface area contributed by atoms with E-state index in [-0.39, 0.29) is 5.92 Å². The molecule has 0 amide bonds. The van der Waals surface area contributed by atoms with Crippen molar-refractivity contribution in [2.24, 2.45) is 5.92 Å². The van der Waals surface area contributed by atoms with Gasteiger partial charge in [0.05, 0.1) is 19.1 Å². The fraction of sp³-hybridized carbons (Fsp3) is 0.375. The van der Waals surface area contributed by atoms with E-state index in [1.807, 2.05) is 0 Å². The van der Waals surface area contributed by atoms with Gasteiger partial charge in [-0.15, -0.1) is 0 Å². The molecule has 1 heterocycles. The molecule has 0 spiro atoms. The highest BCUT2D eigenvalue weighted by Gasteiger charge is 2.19. The van der Waals surface area contributed by atoms with Crippen molar-refractivity contribution in [2.75, 3.05) is 13.2 Å². The number of hydrogen-bond donors (Lipinski definition) is 0. The van der Waals surface area contributed by atoms with Gasteiger partial charge in [0.25, 0.3) is 0 Å². The van der Waals surface area contributed by atoms with Crippen LogP contribution in [0.1, 0.15) is 0 Å². The summed E-state index contributed by atoms with van der Waals surface area (Å²) in [6.45, 7) is 8.38. The number of carbonyl (C=O) groups is 1. The minimum atomic E-state index is -0.172. The third-order valence-electron chi connectivity index (χ3n) is 1.59. The first-order valence-corrected chi connectivity index (χ1v) is 3.14. The number of ether oxygens (including phenoxy) is 1. The topological polar surface area (TPSA) is 26.3 Å². The fourth-order valence-corrected chi connectivity index (χ4v) is 0.974. The van der Waals surface area contributed by atoms with Gasteiger partial charge < -0.3 is 9.53 Å². The monoisotopic (exact) mass is 138 g/mol. The molecule has 0 radical (unpaired) electrons. The van der Waals surface area contributed by atoms with Crippen LogP contribution >= 0.6 is 0 Å². The van der Waals surface area contributed by atoms with Crippen LogP contribution in [0.5, 0.6) is 0 Å². The van der Waals surface area contributed by atoms with Crippen LogP contribution in [0.25, 0.3) is 0 Å². The predicted molar refractivity (Wildman–Crippen MR) is 38.7 cm³/mol. The van der Waals surface area contributed by atoms with E-state index in [2.05, 4.69) is 13.2 Å². The molecule has 1 fully saturated rings. The van der Waals surface area contributed by atoms with E-state index in [1.165, 1.54) is 0 Å². The highest BCUT2D eigenvalue weighted by Crippen LogP contribution is 2.20. The molecule has 1 rings (SSSR count). The summed E-state index contributed by atoms with van der Waals surface area (Å²) in [5.74, 6) is -0.172. The van der Waals surface area contributed by atoms with Crippen molar-refractivity contribution in [1.82, 2.24) is 0 Å². The molecule has 0 unspecified atom stereocenters. The molecular formula is C8H10O2. The quantitative estimate of drug-likeness (QED) is 0.398. The lowest BCUT2D eigenvalue weighted by Gasteiger charge is -2.22. The van der Waals surface area contributed by atoms with Gasteiger partial charge in [0.2, 0.25) is 0 Å². The zero-order chi connectivity index (χ0) is 7.56. The molecule has 0 bridgehead atoms. The summed E-state index contributed by atoms with van der Waals surface area (Å²) in [7, 11) is 0. The molecule has 10 heavy (non-hydrogen) atoms. The minimum absolute atomic E-state index is 0.172. The van der Waals surface area contributed by atoms with E-state index in [1.54, 1.807) is 0 Å². The maximum Gasteiger partial charge on any atom is 0.131 e. The van der Waals surface area contributed by atoms with E-state index in [4.69, 9.17) is 4.74 Å². The summed E-state index contributed by atoms with van der Waals surface area (Å²) < 4.78 is 5.07. The molecule has 2 nitrogen and oxygen atoms in total. The first kappa shape index (κ1) is 7.22. The minimum Gasteiger partial charge on any atom is -0.373 e. The van der Waals surface area contributed by atoms with Crippen LogP contribution in [0, 0.1) is 5.92 Å². The number of rotatable bonds is 1. The van der Waals surface area contributed by atoms with Gasteiger partial charge in [-0.25, -0.2) is 0 Å². The number of carbonyl (C=O) groups excluding carboxylic acids is 1. The van der Waals surface area contributed by atoms with E-state index in [0.717, 1.165) is 17.4 Å². The lowest BCUT2D eigenvalue weighted by atomic mass is 9.93. The Bertz CT molecular complexity index is 166. The van der Waals surface area contributed by atoms with Gasteiger partial charge in [-0.3, -0.25) is 0 Å². The third-order valence-corrected chi connectivity index (χ3v) is 1.59. The van der Waals surface area contributed by atoms with E-state index in [0.29, 0.717) is 13.2 Å². The Morgan fingerprint density at radius 1 is 1.40 bits per heavy atom. The summed E-state index contributed by atoms with van der Waals surface area (Å²) in [6.07, 6.45) is 0.868. The molecule has 0 aromatic carbocycles. The first-order valence-electron chi connectivity index (χ1n) is 3.14. The molecule has 0 aromatic rings. The molecule has 0 aromatic heterocycles. The average Bonchev–Trinajstić information content (AvgIpc) is 1.88. The molecule has 0 N–H and O–H groups in total. The summed E-state index contributed by atoms with van der Waals surface area (Å²) >= 11 is 0.